The van der Waals surface area contributed by atoms with Gasteiger partial charge in [0, 0.05) is 13.6 Å². The molecule has 4 nitrogen and oxygen atoms in total. The van der Waals surface area contributed by atoms with E-state index in [9.17, 15) is 23.1 Å². The average molecular weight is 330 g/mol. The number of nitrogens with one attached hydrogen (secondary N) is 1. The number of carbonyl (C=O) groups excluding carboxylic acids is 1. The van der Waals surface area contributed by atoms with Gasteiger partial charge in [-0.2, -0.15) is 13.2 Å². The van der Waals surface area contributed by atoms with Crippen LogP contribution in [0.1, 0.15) is 36.9 Å². The maximum Gasteiger partial charge on any atom is 0.416 e. The highest BCUT2D eigenvalue weighted by Crippen LogP contribution is 2.42. The molecule has 0 aliphatic heterocycles. The van der Waals surface area contributed by atoms with Crippen molar-refractivity contribution in [2.45, 2.75) is 38.1 Å². The number of aliphatic hydroxyl groups excluding tert-OH is 1. The summed E-state index contributed by atoms with van der Waals surface area (Å²) >= 11 is 0. The quantitative estimate of drug-likeness (QED) is 0.871. The van der Waals surface area contributed by atoms with Gasteiger partial charge in [0.1, 0.15) is 0 Å². The smallest absolute Gasteiger partial charge is 0.392 e. The molecule has 1 saturated carbocycles. The molecule has 0 radical (unpaired) electrons. The Labute approximate surface area is 133 Å². The van der Waals surface area contributed by atoms with Gasteiger partial charge < -0.3 is 15.3 Å². The third-order valence-electron chi connectivity index (χ3n) is 3.83. The lowest BCUT2D eigenvalue weighted by Crippen LogP contribution is -2.42. The summed E-state index contributed by atoms with van der Waals surface area (Å²) in [5.74, 6) is 0.155. The second-order valence-electron chi connectivity index (χ2n) is 6.12. The normalized spacial score (nSPS) is 17.5. The van der Waals surface area contributed by atoms with E-state index in [2.05, 4.69) is 5.32 Å². The average Bonchev–Trinajstić information content (AvgIpc) is 3.27. The van der Waals surface area contributed by atoms with Crippen LogP contribution in [0.3, 0.4) is 0 Å². The number of hydrogen-bond acceptors (Lipinski definition) is 2. The van der Waals surface area contributed by atoms with Gasteiger partial charge in [0.15, 0.2) is 0 Å². The highest BCUT2D eigenvalue weighted by molar-refractivity contribution is 5.74. The van der Waals surface area contributed by atoms with Gasteiger partial charge >= 0.3 is 12.2 Å². The SMILES string of the molecule is CC(O)CN(C)C(=O)NC(c1cccc(C(F)(F)F)c1)C1CC1. The number of amides is 2. The molecule has 0 spiro atoms. The number of benzene rings is 1. The Bertz CT molecular complexity index is 557. The summed E-state index contributed by atoms with van der Waals surface area (Å²) < 4.78 is 38.6. The predicted octanol–water partition coefficient (Wildman–Crippen LogP) is 3.18. The van der Waals surface area contributed by atoms with E-state index in [1.807, 2.05) is 0 Å². The van der Waals surface area contributed by atoms with Gasteiger partial charge in [0.05, 0.1) is 17.7 Å². The largest absolute Gasteiger partial charge is 0.416 e. The van der Waals surface area contributed by atoms with Crippen LogP contribution in [0.15, 0.2) is 24.3 Å². The highest BCUT2D eigenvalue weighted by atomic mass is 19.4. The molecule has 1 fully saturated rings. The van der Waals surface area contributed by atoms with Gasteiger partial charge in [0.2, 0.25) is 0 Å². The molecule has 0 aromatic heterocycles. The van der Waals surface area contributed by atoms with Gasteiger partial charge in [-0.15, -0.1) is 0 Å². The summed E-state index contributed by atoms with van der Waals surface area (Å²) in [5.41, 5.74) is -0.256. The lowest BCUT2D eigenvalue weighted by atomic mass is 10.00. The minimum Gasteiger partial charge on any atom is -0.392 e. The van der Waals surface area contributed by atoms with Gasteiger partial charge in [-0.05, 0) is 43.4 Å². The van der Waals surface area contributed by atoms with E-state index in [1.165, 1.54) is 18.0 Å². The van der Waals surface area contributed by atoms with E-state index in [1.54, 1.807) is 13.0 Å². The Morgan fingerprint density at radius 1 is 1.43 bits per heavy atom. The molecule has 1 aliphatic rings. The summed E-state index contributed by atoms with van der Waals surface area (Å²) in [4.78, 5) is 13.5. The molecule has 2 unspecified atom stereocenters. The van der Waals surface area contributed by atoms with E-state index in [0.29, 0.717) is 5.56 Å². The van der Waals surface area contributed by atoms with Crippen molar-refractivity contribution in [1.82, 2.24) is 10.2 Å². The fourth-order valence-electron chi connectivity index (χ4n) is 2.53. The van der Waals surface area contributed by atoms with E-state index in [0.717, 1.165) is 25.0 Å². The number of aliphatic hydroxyl groups is 1. The third-order valence-corrected chi connectivity index (χ3v) is 3.83. The fourth-order valence-corrected chi connectivity index (χ4v) is 2.53. The minimum absolute atomic E-state index is 0.155. The van der Waals surface area contributed by atoms with Crippen molar-refractivity contribution in [2.24, 2.45) is 5.92 Å². The number of nitrogens with zero attached hydrogens (tertiary/aromatic N) is 1. The lowest BCUT2D eigenvalue weighted by molar-refractivity contribution is -0.137. The van der Waals surface area contributed by atoms with Crippen LogP contribution >= 0.6 is 0 Å². The maximum atomic E-state index is 12.9. The van der Waals surface area contributed by atoms with Crippen molar-refractivity contribution >= 4 is 6.03 Å². The van der Waals surface area contributed by atoms with E-state index in [-0.39, 0.29) is 12.5 Å². The summed E-state index contributed by atoms with van der Waals surface area (Å²) in [6.07, 6.45) is -3.32. The topological polar surface area (TPSA) is 52.6 Å². The maximum absolute atomic E-state index is 12.9. The number of rotatable bonds is 5. The van der Waals surface area contributed by atoms with Crippen LogP contribution in [0.5, 0.6) is 0 Å². The first-order valence-electron chi connectivity index (χ1n) is 7.55. The molecule has 2 N–H and O–H groups in total. The standard InChI is InChI=1S/C16H21F3N2O2/c1-10(22)9-21(2)15(23)20-14(11-6-7-11)12-4-3-5-13(8-12)16(17,18)19/h3-5,8,10-11,14,22H,6-7,9H2,1-2H3,(H,20,23). The zero-order chi connectivity index (χ0) is 17.2. The summed E-state index contributed by atoms with van der Waals surface area (Å²) in [5, 5.41) is 12.1. The predicted molar refractivity (Wildman–Crippen MR) is 79.8 cm³/mol. The molecule has 7 heteroatoms. The van der Waals surface area contributed by atoms with Crippen LogP contribution in [-0.2, 0) is 6.18 Å². The van der Waals surface area contributed by atoms with Crippen LogP contribution < -0.4 is 5.32 Å². The second-order valence-corrected chi connectivity index (χ2v) is 6.12. The Hall–Kier alpha value is -1.76. The van der Waals surface area contributed by atoms with Crippen molar-refractivity contribution in [1.29, 1.82) is 0 Å². The first kappa shape index (κ1) is 17.6. The number of carbonyl (C=O) groups is 1. The molecule has 0 heterocycles. The Morgan fingerprint density at radius 2 is 2.09 bits per heavy atom. The minimum atomic E-state index is -4.41. The van der Waals surface area contributed by atoms with Crippen LogP contribution in [-0.4, -0.2) is 35.7 Å². The van der Waals surface area contributed by atoms with Crippen molar-refractivity contribution in [2.75, 3.05) is 13.6 Å². The summed E-state index contributed by atoms with van der Waals surface area (Å²) in [7, 11) is 1.54. The first-order chi connectivity index (χ1) is 10.7. The first-order valence-corrected chi connectivity index (χ1v) is 7.55. The van der Waals surface area contributed by atoms with Crippen molar-refractivity contribution in [3.63, 3.8) is 0 Å². The number of halogens is 3. The van der Waals surface area contributed by atoms with Gasteiger partial charge in [-0.25, -0.2) is 4.79 Å². The Kier molecular flexibility index (Phi) is 5.19. The zero-order valence-electron chi connectivity index (χ0n) is 13.1. The second kappa shape index (κ2) is 6.78. The molecular formula is C16H21F3N2O2. The number of urea groups is 1. The van der Waals surface area contributed by atoms with Crippen LogP contribution in [0.25, 0.3) is 0 Å². The van der Waals surface area contributed by atoms with Gasteiger partial charge in [0.25, 0.3) is 0 Å². The molecule has 2 amide bonds. The molecule has 1 aromatic carbocycles. The number of likely N-dealkylation sites (N-methyl/N-ethyl adjacent to an activating group) is 1. The summed E-state index contributed by atoms with van der Waals surface area (Å²) in [6.45, 7) is 1.72. The molecule has 0 bridgehead atoms. The van der Waals surface area contributed by atoms with Crippen molar-refractivity contribution < 1.29 is 23.1 Å². The molecule has 1 aliphatic carbocycles. The molecule has 23 heavy (non-hydrogen) atoms. The Morgan fingerprint density at radius 3 is 2.61 bits per heavy atom. The Balaban J connectivity index is 2.15. The number of alkyl halides is 3. The molecular weight excluding hydrogens is 309 g/mol. The molecule has 2 atom stereocenters. The lowest BCUT2D eigenvalue weighted by Gasteiger charge is -2.25. The van der Waals surface area contributed by atoms with Crippen molar-refractivity contribution in [3.8, 4) is 0 Å². The van der Waals surface area contributed by atoms with E-state index in [4.69, 9.17) is 0 Å². The monoisotopic (exact) mass is 330 g/mol. The van der Waals surface area contributed by atoms with Crippen LogP contribution in [0.4, 0.5) is 18.0 Å². The molecule has 1 aromatic rings. The fraction of sp³-hybridized carbons (Fsp3) is 0.562. The summed E-state index contributed by atoms with van der Waals surface area (Å²) in [6, 6.07) is 4.24. The van der Waals surface area contributed by atoms with Crippen LogP contribution in [0.2, 0.25) is 0 Å². The number of hydrogen-bond donors (Lipinski definition) is 2. The van der Waals surface area contributed by atoms with E-state index >= 15 is 0 Å². The third kappa shape index (κ3) is 4.86. The highest BCUT2D eigenvalue weighted by Gasteiger charge is 2.36. The molecule has 2 rings (SSSR count). The van der Waals surface area contributed by atoms with Crippen LogP contribution in [0, 0.1) is 5.92 Å². The van der Waals surface area contributed by atoms with Gasteiger partial charge in [-0.1, -0.05) is 12.1 Å². The molecule has 128 valence electrons. The van der Waals surface area contributed by atoms with Crippen molar-refractivity contribution in [3.05, 3.63) is 35.4 Å². The zero-order valence-corrected chi connectivity index (χ0v) is 13.1. The molecule has 0 saturated heterocycles. The van der Waals surface area contributed by atoms with E-state index < -0.39 is 29.9 Å². The van der Waals surface area contributed by atoms with Gasteiger partial charge in [-0.3, -0.25) is 0 Å².